The molecule has 0 spiro atoms. The van der Waals surface area contributed by atoms with Crippen molar-refractivity contribution in [3.05, 3.63) is 65.2 Å². The molecule has 166 valence electrons. The van der Waals surface area contributed by atoms with Gasteiger partial charge >= 0.3 is 0 Å². The fourth-order valence-electron chi connectivity index (χ4n) is 5.01. The third-order valence-electron chi connectivity index (χ3n) is 6.84. The number of nitrogens with two attached hydrogens (primary N) is 1. The smallest absolute Gasteiger partial charge is 0.228 e. The van der Waals surface area contributed by atoms with Gasteiger partial charge in [-0.1, -0.05) is 42.5 Å². The second-order valence-corrected chi connectivity index (χ2v) is 10.8. The summed E-state index contributed by atoms with van der Waals surface area (Å²) in [7, 11) is -1.38. The first-order valence-electron chi connectivity index (χ1n) is 10.8. The molecule has 0 bridgehead atoms. The summed E-state index contributed by atoms with van der Waals surface area (Å²) in [6, 6.07) is 15.2. The zero-order valence-electron chi connectivity index (χ0n) is 17.9. The fourth-order valence-corrected chi connectivity index (χ4v) is 6.67. The lowest BCUT2D eigenvalue weighted by atomic mass is 9.71. The van der Waals surface area contributed by atoms with Crippen molar-refractivity contribution in [2.45, 2.75) is 48.6 Å². The number of benzene rings is 2. The van der Waals surface area contributed by atoms with Gasteiger partial charge in [-0.25, -0.2) is 8.42 Å². The topological polar surface area (TPSA) is 89.7 Å². The number of carbonyl (C=O) groups is 1. The average Bonchev–Trinajstić information content (AvgIpc) is 2.89. The van der Waals surface area contributed by atoms with Crippen LogP contribution in [0.1, 0.15) is 36.0 Å². The number of amides is 1. The molecule has 1 unspecified atom stereocenters. The van der Waals surface area contributed by atoms with Crippen LogP contribution in [0.2, 0.25) is 0 Å². The van der Waals surface area contributed by atoms with Gasteiger partial charge in [0.25, 0.3) is 0 Å². The van der Waals surface area contributed by atoms with Gasteiger partial charge in [-0.3, -0.25) is 9.69 Å². The Morgan fingerprint density at radius 2 is 1.81 bits per heavy atom. The molecule has 2 aromatic rings. The molecule has 4 rings (SSSR count). The van der Waals surface area contributed by atoms with E-state index in [2.05, 4.69) is 11.9 Å². The SMILES string of the molecule is CN(Cc1ccccc1C1(C(N)=O)CCS(=O)(=O)c2ccccc2C1)C1CCOCC1. The standard InChI is InChI=1S/C24H30N2O4S/c1-26(20-10-13-30-14-11-20)17-19-7-2-4-8-21(19)24(23(25)27)12-15-31(28,29)22-9-5-3-6-18(22)16-24/h2-9,20H,10-17H2,1H3,(H2,25,27). The molecule has 31 heavy (non-hydrogen) atoms. The van der Waals surface area contributed by atoms with E-state index in [9.17, 15) is 13.2 Å². The van der Waals surface area contributed by atoms with Gasteiger partial charge in [0.2, 0.25) is 5.91 Å². The predicted molar refractivity (Wildman–Crippen MR) is 119 cm³/mol. The van der Waals surface area contributed by atoms with E-state index in [1.54, 1.807) is 18.2 Å². The average molecular weight is 443 g/mol. The Morgan fingerprint density at radius 1 is 1.13 bits per heavy atom. The number of nitrogens with zero attached hydrogens (tertiary/aromatic N) is 1. The van der Waals surface area contributed by atoms with Crippen molar-refractivity contribution in [3.8, 4) is 0 Å². The van der Waals surface area contributed by atoms with Crippen LogP contribution in [0.25, 0.3) is 0 Å². The minimum atomic E-state index is -3.48. The third kappa shape index (κ3) is 4.27. The van der Waals surface area contributed by atoms with E-state index in [4.69, 9.17) is 10.5 Å². The number of carbonyl (C=O) groups excluding carboxylic acids is 1. The molecule has 2 aliphatic heterocycles. The Balaban J connectivity index is 1.75. The summed E-state index contributed by atoms with van der Waals surface area (Å²) in [5, 5.41) is 0. The Labute approximate surface area is 184 Å². The lowest BCUT2D eigenvalue weighted by Crippen LogP contribution is -2.45. The van der Waals surface area contributed by atoms with E-state index in [0.717, 1.165) is 37.2 Å². The van der Waals surface area contributed by atoms with E-state index < -0.39 is 21.2 Å². The number of rotatable bonds is 5. The van der Waals surface area contributed by atoms with Gasteiger partial charge in [0.05, 0.1) is 16.1 Å². The number of hydrogen-bond acceptors (Lipinski definition) is 5. The Kier molecular flexibility index (Phi) is 6.19. The first-order chi connectivity index (χ1) is 14.8. The van der Waals surface area contributed by atoms with Crippen LogP contribution in [0.5, 0.6) is 0 Å². The van der Waals surface area contributed by atoms with Gasteiger partial charge in [0, 0.05) is 25.8 Å². The van der Waals surface area contributed by atoms with Gasteiger partial charge in [-0.2, -0.15) is 0 Å². The molecule has 0 radical (unpaired) electrons. The molecule has 7 heteroatoms. The van der Waals surface area contributed by atoms with Crippen LogP contribution in [0.4, 0.5) is 0 Å². The largest absolute Gasteiger partial charge is 0.381 e. The van der Waals surface area contributed by atoms with E-state index in [-0.39, 0.29) is 18.6 Å². The summed E-state index contributed by atoms with van der Waals surface area (Å²) >= 11 is 0. The normalized spacial score (nSPS) is 23.8. The van der Waals surface area contributed by atoms with Crippen molar-refractivity contribution in [2.24, 2.45) is 5.73 Å². The molecular weight excluding hydrogens is 412 g/mol. The van der Waals surface area contributed by atoms with Crippen molar-refractivity contribution in [2.75, 3.05) is 26.0 Å². The maximum absolute atomic E-state index is 13.0. The molecule has 6 nitrogen and oxygen atoms in total. The highest BCUT2D eigenvalue weighted by molar-refractivity contribution is 7.91. The molecular formula is C24H30N2O4S. The zero-order valence-corrected chi connectivity index (χ0v) is 18.7. The molecule has 2 aliphatic rings. The second-order valence-electron chi connectivity index (χ2n) is 8.72. The number of hydrogen-bond donors (Lipinski definition) is 1. The number of sulfone groups is 1. The van der Waals surface area contributed by atoms with Gasteiger partial charge in [-0.05, 0) is 55.5 Å². The summed E-state index contributed by atoms with van der Waals surface area (Å²) in [6.45, 7) is 2.19. The molecule has 1 fully saturated rings. The van der Waals surface area contributed by atoms with Crippen LogP contribution in [-0.4, -0.2) is 51.3 Å². The predicted octanol–water partition coefficient (Wildman–Crippen LogP) is 2.44. The van der Waals surface area contributed by atoms with Crippen LogP contribution in [0.15, 0.2) is 53.4 Å². The fraction of sp³-hybridized carbons (Fsp3) is 0.458. The first kappa shape index (κ1) is 22.0. The van der Waals surface area contributed by atoms with Gasteiger partial charge in [0.15, 0.2) is 9.84 Å². The van der Waals surface area contributed by atoms with E-state index in [1.807, 2.05) is 30.3 Å². The molecule has 2 aromatic carbocycles. The minimum Gasteiger partial charge on any atom is -0.381 e. The first-order valence-corrected chi connectivity index (χ1v) is 12.5. The summed E-state index contributed by atoms with van der Waals surface area (Å²) in [5.41, 5.74) is 7.49. The summed E-state index contributed by atoms with van der Waals surface area (Å²) in [5.74, 6) is -0.572. The van der Waals surface area contributed by atoms with Crippen LogP contribution in [0.3, 0.4) is 0 Å². The minimum absolute atomic E-state index is 0.100. The van der Waals surface area contributed by atoms with Gasteiger partial charge < -0.3 is 10.5 Å². The summed E-state index contributed by atoms with van der Waals surface area (Å²) in [4.78, 5) is 15.6. The highest BCUT2D eigenvalue weighted by Gasteiger charge is 2.44. The number of primary amides is 1. The Hall–Kier alpha value is -2.22. The van der Waals surface area contributed by atoms with Crippen molar-refractivity contribution in [1.29, 1.82) is 0 Å². The molecule has 0 aromatic heterocycles. The molecule has 2 N–H and O–H groups in total. The van der Waals surface area contributed by atoms with Crippen LogP contribution in [0, 0.1) is 0 Å². The van der Waals surface area contributed by atoms with Crippen LogP contribution < -0.4 is 5.73 Å². The number of fused-ring (bicyclic) bond motifs is 1. The van der Waals surface area contributed by atoms with E-state index in [1.165, 1.54) is 0 Å². The maximum Gasteiger partial charge on any atom is 0.228 e. The third-order valence-corrected chi connectivity index (χ3v) is 8.65. The molecule has 2 heterocycles. The Bertz CT molecular complexity index is 1060. The molecule has 0 aliphatic carbocycles. The number of ether oxygens (including phenoxy) is 1. The molecule has 1 saturated heterocycles. The quantitative estimate of drug-likeness (QED) is 0.768. The maximum atomic E-state index is 13.0. The zero-order chi connectivity index (χ0) is 22.1. The Morgan fingerprint density at radius 3 is 2.55 bits per heavy atom. The van der Waals surface area contributed by atoms with Crippen LogP contribution in [-0.2, 0) is 37.7 Å². The lowest BCUT2D eigenvalue weighted by molar-refractivity contribution is -0.123. The molecule has 1 amide bonds. The van der Waals surface area contributed by atoms with E-state index in [0.29, 0.717) is 23.0 Å². The monoisotopic (exact) mass is 442 g/mol. The van der Waals surface area contributed by atoms with Gasteiger partial charge in [-0.15, -0.1) is 0 Å². The molecule has 1 atom stereocenters. The van der Waals surface area contributed by atoms with Crippen molar-refractivity contribution in [1.82, 2.24) is 4.90 Å². The highest BCUT2D eigenvalue weighted by atomic mass is 32.2. The second kappa shape index (κ2) is 8.73. The van der Waals surface area contributed by atoms with E-state index >= 15 is 0 Å². The summed E-state index contributed by atoms with van der Waals surface area (Å²) in [6.07, 6.45) is 2.42. The van der Waals surface area contributed by atoms with Crippen molar-refractivity contribution < 1.29 is 17.9 Å². The summed E-state index contributed by atoms with van der Waals surface area (Å²) < 4.78 is 31.4. The van der Waals surface area contributed by atoms with Crippen LogP contribution >= 0.6 is 0 Å². The van der Waals surface area contributed by atoms with Crippen molar-refractivity contribution in [3.63, 3.8) is 0 Å². The highest BCUT2D eigenvalue weighted by Crippen LogP contribution is 2.40. The lowest BCUT2D eigenvalue weighted by Gasteiger charge is -2.35. The van der Waals surface area contributed by atoms with Gasteiger partial charge in [0.1, 0.15) is 0 Å². The molecule has 0 saturated carbocycles. The van der Waals surface area contributed by atoms with Crippen molar-refractivity contribution >= 4 is 15.7 Å².